The number of fused-ring (bicyclic) bond motifs is 1. The number of pyridine rings is 1. The van der Waals surface area contributed by atoms with Crippen LogP contribution in [0.2, 0.25) is 0 Å². The van der Waals surface area contributed by atoms with Crippen LogP contribution in [-0.2, 0) is 4.74 Å². The van der Waals surface area contributed by atoms with Crippen molar-refractivity contribution in [3.63, 3.8) is 0 Å². The summed E-state index contributed by atoms with van der Waals surface area (Å²) >= 11 is 0. The van der Waals surface area contributed by atoms with Crippen molar-refractivity contribution in [2.45, 2.75) is 38.7 Å². The normalized spacial score (nSPS) is 19.1. The Morgan fingerprint density at radius 2 is 1.96 bits per heavy atom. The molecule has 0 spiro atoms. The van der Waals surface area contributed by atoms with Gasteiger partial charge in [0.05, 0.1) is 22.6 Å². The number of H-pyrrole nitrogens is 2. The van der Waals surface area contributed by atoms with Crippen molar-refractivity contribution in [2.75, 3.05) is 19.7 Å². The largest absolute Gasteiger partial charge is 0.378 e. The molecule has 1 aliphatic heterocycles. The SMILES string of the molecule is Cc1c[nH]c(=O)c2c(C(=O)N3CCC(OCC4CC4)CC3)c[nH]c12. The van der Waals surface area contributed by atoms with E-state index in [0.717, 1.165) is 36.4 Å². The van der Waals surface area contributed by atoms with Crippen molar-refractivity contribution in [3.05, 3.63) is 33.9 Å². The van der Waals surface area contributed by atoms with Crippen LogP contribution in [0.4, 0.5) is 0 Å². The molecule has 2 aromatic rings. The smallest absolute Gasteiger partial charge is 0.258 e. The van der Waals surface area contributed by atoms with Gasteiger partial charge >= 0.3 is 0 Å². The van der Waals surface area contributed by atoms with E-state index in [1.165, 1.54) is 12.8 Å². The number of nitrogens with one attached hydrogen (secondary N) is 2. The highest BCUT2D eigenvalue weighted by Gasteiger charge is 2.28. The van der Waals surface area contributed by atoms with Gasteiger partial charge < -0.3 is 19.6 Å². The summed E-state index contributed by atoms with van der Waals surface area (Å²) in [7, 11) is 0. The number of hydrogen-bond acceptors (Lipinski definition) is 3. The minimum atomic E-state index is -0.220. The van der Waals surface area contributed by atoms with Crippen LogP contribution in [-0.4, -0.2) is 46.6 Å². The van der Waals surface area contributed by atoms with Crippen molar-refractivity contribution < 1.29 is 9.53 Å². The summed E-state index contributed by atoms with van der Waals surface area (Å²) in [5, 5.41) is 0.465. The van der Waals surface area contributed by atoms with Crippen molar-refractivity contribution in [2.24, 2.45) is 5.92 Å². The van der Waals surface area contributed by atoms with E-state index in [9.17, 15) is 9.59 Å². The lowest BCUT2D eigenvalue weighted by Crippen LogP contribution is -2.41. The highest BCUT2D eigenvalue weighted by Crippen LogP contribution is 2.30. The summed E-state index contributed by atoms with van der Waals surface area (Å²) in [5.41, 5.74) is 1.91. The number of amides is 1. The Labute approximate surface area is 140 Å². The van der Waals surface area contributed by atoms with Crippen LogP contribution in [0, 0.1) is 12.8 Å². The number of aromatic nitrogens is 2. The Bertz CT molecular complexity index is 811. The zero-order valence-corrected chi connectivity index (χ0v) is 13.9. The number of carbonyl (C=O) groups is 1. The predicted molar refractivity (Wildman–Crippen MR) is 91.3 cm³/mol. The molecule has 1 amide bonds. The molecule has 1 saturated carbocycles. The topological polar surface area (TPSA) is 78.2 Å². The first-order chi connectivity index (χ1) is 11.6. The van der Waals surface area contributed by atoms with Gasteiger partial charge in [0, 0.05) is 32.1 Å². The van der Waals surface area contributed by atoms with Gasteiger partial charge in [0.2, 0.25) is 0 Å². The summed E-state index contributed by atoms with van der Waals surface area (Å²) in [5.74, 6) is 0.698. The highest BCUT2D eigenvalue weighted by molar-refractivity contribution is 6.06. The standard InChI is InChI=1S/C18H23N3O3/c1-11-8-20-17(22)15-14(9-19-16(11)15)18(23)21-6-4-13(5-7-21)24-10-12-2-3-12/h8-9,12-13,19H,2-7,10H2,1H3,(H,20,22). The van der Waals surface area contributed by atoms with Crippen LogP contribution in [0.25, 0.3) is 10.9 Å². The summed E-state index contributed by atoms with van der Waals surface area (Å²) in [6, 6.07) is 0. The minimum absolute atomic E-state index is 0.0713. The molecule has 6 nitrogen and oxygen atoms in total. The number of rotatable bonds is 4. The Kier molecular flexibility index (Phi) is 3.92. The maximum absolute atomic E-state index is 12.8. The van der Waals surface area contributed by atoms with Crippen LogP contribution in [0.1, 0.15) is 41.6 Å². The number of carbonyl (C=O) groups excluding carboxylic acids is 1. The van der Waals surface area contributed by atoms with Crippen LogP contribution < -0.4 is 5.56 Å². The fourth-order valence-corrected chi connectivity index (χ4v) is 3.41. The fourth-order valence-electron chi connectivity index (χ4n) is 3.41. The molecule has 128 valence electrons. The van der Waals surface area contributed by atoms with Crippen molar-refractivity contribution >= 4 is 16.8 Å². The van der Waals surface area contributed by atoms with E-state index in [-0.39, 0.29) is 17.6 Å². The first kappa shape index (κ1) is 15.4. The molecule has 4 rings (SSSR count). The lowest BCUT2D eigenvalue weighted by atomic mass is 10.1. The van der Waals surface area contributed by atoms with Gasteiger partial charge in [-0.05, 0) is 44.1 Å². The molecule has 0 aromatic carbocycles. The molecule has 0 bridgehead atoms. The third-order valence-electron chi connectivity index (χ3n) is 5.15. The van der Waals surface area contributed by atoms with E-state index in [2.05, 4.69) is 9.97 Å². The molecule has 2 N–H and O–H groups in total. The Balaban J connectivity index is 1.47. The van der Waals surface area contributed by atoms with Gasteiger partial charge in [-0.3, -0.25) is 9.59 Å². The molecule has 2 aromatic heterocycles. The van der Waals surface area contributed by atoms with Gasteiger partial charge in [-0.2, -0.15) is 0 Å². The molecule has 0 unspecified atom stereocenters. The van der Waals surface area contributed by atoms with Crippen LogP contribution >= 0.6 is 0 Å². The van der Waals surface area contributed by atoms with E-state index in [0.29, 0.717) is 24.0 Å². The molecular weight excluding hydrogens is 306 g/mol. The summed E-state index contributed by atoms with van der Waals surface area (Å²) in [4.78, 5) is 32.6. The Morgan fingerprint density at radius 3 is 2.67 bits per heavy atom. The van der Waals surface area contributed by atoms with E-state index in [4.69, 9.17) is 4.74 Å². The van der Waals surface area contributed by atoms with Gasteiger partial charge in [0.1, 0.15) is 0 Å². The summed E-state index contributed by atoms with van der Waals surface area (Å²) in [6.45, 7) is 4.15. The van der Waals surface area contributed by atoms with Crippen LogP contribution in [0.15, 0.2) is 17.2 Å². The maximum atomic E-state index is 12.8. The van der Waals surface area contributed by atoms with Crippen molar-refractivity contribution in [3.8, 4) is 0 Å². The Morgan fingerprint density at radius 1 is 1.21 bits per heavy atom. The molecule has 0 radical (unpaired) electrons. The predicted octanol–water partition coefficient (Wildman–Crippen LogP) is 2.20. The average Bonchev–Trinajstić information content (AvgIpc) is 3.32. The van der Waals surface area contributed by atoms with Gasteiger partial charge in [-0.25, -0.2) is 0 Å². The monoisotopic (exact) mass is 329 g/mol. The lowest BCUT2D eigenvalue weighted by Gasteiger charge is -2.31. The Hall–Kier alpha value is -2.08. The third kappa shape index (κ3) is 2.86. The molecule has 0 atom stereocenters. The van der Waals surface area contributed by atoms with E-state index in [1.807, 2.05) is 11.8 Å². The quantitative estimate of drug-likeness (QED) is 0.902. The van der Waals surface area contributed by atoms with E-state index < -0.39 is 0 Å². The molecule has 24 heavy (non-hydrogen) atoms. The van der Waals surface area contributed by atoms with Gasteiger partial charge in [0.25, 0.3) is 11.5 Å². The first-order valence-electron chi connectivity index (χ1n) is 8.73. The molecule has 1 aliphatic carbocycles. The molecule has 3 heterocycles. The highest BCUT2D eigenvalue weighted by atomic mass is 16.5. The van der Waals surface area contributed by atoms with Gasteiger partial charge in [-0.15, -0.1) is 0 Å². The second-order valence-electron chi connectivity index (χ2n) is 7.02. The van der Waals surface area contributed by atoms with E-state index >= 15 is 0 Å². The van der Waals surface area contributed by atoms with Gasteiger partial charge in [-0.1, -0.05) is 0 Å². The summed E-state index contributed by atoms with van der Waals surface area (Å²) in [6.07, 6.45) is 7.93. The number of hydrogen-bond donors (Lipinski definition) is 2. The zero-order valence-electron chi connectivity index (χ0n) is 13.9. The fraction of sp³-hybridized carbons (Fsp3) is 0.556. The van der Waals surface area contributed by atoms with Crippen LogP contribution in [0.5, 0.6) is 0 Å². The number of piperidine rings is 1. The van der Waals surface area contributed by atoms with Crippen molar-refractivity contribution in [1.29, 1.82) is 0 Å². The molecule has 2 aliphatic rings. The number of ether oxygens (including phenoxy) is 1. The molecule has 6 heteroatoms. The number of aromatic amines is 2. The van der Waals surface area contributed by atoms with Crippen molar-refractivity contribution in [1.82, 2.24) is 14.9 Å². The zero-order chi connectivity index (χ0) is 16.7. The average molecular weight is 329 g/mol. The first-order valence-corrected chi connectivity index (χ1v) is 8.73. The maximum Gasteiger partial charge on any atom is 0.258 e. The number of aryl methyl sites for hydroxylation is 1. The molecule has 2 fully saturated rings. The number of nitrogens with zero attached hydrogens (tertiary/aromatic N) is 1. The second kappa shape index (κ2) is 6.09. The van der Waals surface area contributed by atoms with Gasteiger partial charge in [0.15, 0.2) is 0 Å². The lowest BCUT2D eigenvalue weighted by molar-refractivity contribution is 0.00416. The minimum Gasteiger partial charge on any atom is -0.378 e. The van der Waals surface area contributed by atoms with Crippen LogP contribution in [0.3, 0.4) is 0 Å². The van der Waals surface area contributed by atoms with E-state index in [1.54, 1.807) is 12.4 Å². The molecule has 1 saturated heterocycles. The second-order valence-corrected chi connectivity index (χ2v) is 7.02. The third-order valence-corrected chi connectivity index (χ3v) is 5.15. The number of likely N-dealkylation sites (tertiary alicyclic amines) is 1. The summed E-state index contributed by atoms with van der Waals surface area (Å²) < 4.78 is 5.93. The molecular formula is C18H23N3O3.